The van der Waals surface area contributed by atoms with Crippen LogP contribution >= 0.6 is 7.92 Å². The van der Waals surface area contributed by atoms with Crippen molar-refractivity contribution in [3.05, 3.63) is 6.42 Å². The first kappa shape index (κ1) is 15.9. The van der Waals surface area contributed by atoms with E-state index in [9.17, 15) is 0 Å². The maximum absolute atomic E-state index is 5.96. The molecule has 0 rings (SSSR count). The van der Waals surface area contributed by atoms with Crippen LogP contribution in [0, 0.1) is 12.3 Å². The third-order valence-electron chi connectivity index (χ3n) is 0. The zero-order chi connectivity index (χ0) is 6.28. The molecule has 0 atom stereocenters. The topological polar surface area (TPSA) is 0 Å². The SMILES string of the molecule is CP(C)C.[Au+].[C-]#CC. The van der Waals surface area contributed by atoms with Gasteiger partial charge in [0.1, 0.15) is 0 Å². The van der Waals surface area contributed by atoms with Crippen molar-refractivity contribution in [3.63, 3.8) is 0 Å². The molecule has 0 amide bonds. The molecule has 0 radical (unpaired) electrons. The molecule has 0 fully saturated rings. The molecule has 52 valence electrons. The van der Waals surface area contributed by atoms with Crippen LogP contribution < -0.4 is 0 Å². The maximum Gasteiger partial charge on any atom is 1.00 e. The van der Waals surface area contributed by atoms with Crippen molar-refractivity contribution in [2.75, 3.05) is 20.0 Å². The van der Waals surface area contributed by atoms with Crippen LogP contribution in [-0.4, -0.2) is 20.0 Å². The molecule has 0 saturated carbocycles. The predicted octanol–water partition coefficient (Wildman–Crippen LogP) is 1.95. The first-order chi connectivity index (χ1) is 3.15. The fraction of sp³-hybridized carbons (Fsp3) is 0.667. The number of hydrogen-bond acceptors (Lipinski definition) is 0. The van der Waals surface area contributed by atoms with Crippen LogP contribution in [0.1, 0.15) is 6.92 Å². The quantitative estimate of drug-likeness (QED) is 0.278. The van der Waals surface area contributed by atoms with Gasteiger partial charge in [0.2, 0.25) is 0 Å². The normalized spacial score (nSPS) is 5.50. The molecule has 0 aliphatic heterocycles. The molecule has 0 heterocycles. The Bertz CT molecular complexity index is 51.3. The van der Waals surface area contributed by atoms with E-state index in [4.69, 9.17) is 6.42 Å². The minimum absolute atomic E-state index is 0. The first-order valence-electron chi connectivity index (χ1n) is 2.09. The molecule has 0 aromatic carbocycles. The van der Waals surface area contributed by atoms with E-state index in [-0.39, 0.29) is 22.4 Å². The summed E-state index contributed by atoms with van der Waals surface area (Å²) in [5.41, 5.74) is 0. The van der Waals surface area contributed by atoms with Gasteiger partial charge in [0.15, 0.2) is 0 Å². The fourth-order valence-electron chi connectivity index (χ4n) is 0. The number of hydrogen-bond donors (Lipinski definition) is 0. The summed E-state index contributed by atoms with van der Waals surface area (Å²) in [5, 5.41) is 0. The van der Waals surface area contributed by atoms with Gasteiger partial charge >= 0.3 is 22.4 Å². The van der Waals surface area contributed by atoms with Gasteiger partial charge in [-0.05, 0) is 26.9 Å². The van der Waals surface area contributed by atoms with E-state index >= 15 is 0 Å². The van der Waals surface area contributed by atoms with Gasteiger partial charge in [-0.2, -0.15) is 0 Å². The average Bonchev–Trinajstić information content (AvgIpc) is 1.33. The zero-order valence-corrected chi connectivity index (χ0v) is 8.81. The summed E-state index contributed by atoms with van der Waals surface area (Å²) in [6.07, 6.45) is 5.96. The molecule has 0 bridgehead atoms. The third kappa shape index (κ3) is 414. The van der Waals surface area contributed by atoms with Crippen molar-refractivity contribution in [2.24, 2.45) is 0 Å². The molecular weight excluding hydrogens is 300 g/mol. The third-order valence-corrected chi connectivity index (χ3v) is 0. The van der Waals surface area contributed by atoms with Gasteiger partial charge < -0.3 is 12.3 Å². The van der Waals surface area contributed by atoms with Crippen LogP contribution in [0.25, 0.3) is 0 Å². The Morgan fingerprint density at radius 1 is 1.25 bits per heavy atom. The second kappa shape index (κ2) is 15.6. The summed E-state index contributed by atoms with van der Waals surface area (Å²) in [7, 11) is 0.380. The van der Waals surface area contributed by atoms with Crippen LogP contribution in [0.15, 0.2) is 0 Å². The second-order valence-corrected chi connectivity index (χ2v) is 4.27. The smallest absolute Gasteiger partial charge is 0.694 e. The molecule has 0 aliphatic rings. The molecule has 0 spiro atoms. The van der Waals surface area contributed by atoms with Gasteiger partial charge in [-0.25, -0.2) is 0 Å². The molecule has 0 aromatic heterocycles. The molecular formula is C6H12AuP. The monoisotopic (exact) mass is 312 g/mol. The van der Waals surface area contributed by atoms with E-state index in [2.05, 4.69) is 20.0 Å². The van der Waals surface area contributed by atoms with Gasteiger partial charge in [-0.15, -0.1) is 7.92 Å². The van der Waals surface area contributed by atoms with E-state index in [1.165, 1.54) is 0 Å². The van der Waals surface area contributed by atoms with Crippen LogP contribution in [0.4, 0.5) is 0 Å². The van der Waals surface area contributed by atoms with Crippen molar-refractivity contribution >= 4 is 7.92 Å². The standard InChI is InChI=1S/C3H9P.C3H3.Au/c1-4(2)3;1-3-2;/h1-3H3;1H3;/q;-1;+1. The average molecular weight is 312 g/mol. The predicted molar refractivity (Wildman–Crippen MR) is 37.5 cm³/mol. The number of rotatable bonds is 0. The van der Waals surface area contributed by atoms with Gasteiger partial charge in [-0.3, -0.25) is 0 Å². The van der Waals surface area contributed by atoms with E-state index in [1.807, 2.05) is 5.92 Å². The maximum atomic E-state index is 5.96. The minimum atomic E-state index is 0. The van der Waals surface area contributed by atoms with Crippen molar-refractivity contribution in [2.45, 2.75) is 6.92 Å². The van der Waals surface area contributed by atoms with Crippen LogP contribution in [0.3, 0.4) is 0 Å². The Morgan fingerprint density at radius 3 is 1.25 bits per heavy atom. The van der Waals surface area contributed by atoms with E-state index in [0.29, 0.717) is 7.92 Å². The summed E-state index contributed by atoms with van der Waals surface area (Å²) in [5.74, 6) is 2.00. The second-order valence-electron chi connectivity index (χ2n) is 1.59. The minimum Gasteiger partial charge on any atom is -0.694 e. The largest absolute Gasteiger partial charge is 1.00 e. The Kier molecular flexibility index (Phi) is 31.1. The fourth-order valence-corrected chi connectivity index (χ4v) is 0. The van der Waals surface area contributed by atoms with Crippen molar-refractivity contribution in [1.29, 1.82) is 0 Å². The first-order valence-corrected chi connectivity index (χ1v) is 4.77. The zero-order valence-electron chi connectivity index (χ0n) is 5.75. The molecule has 0 aromatic rings. The summed E-state index contributed by atoms with van der Waals surface area (Å²) < 4.78 is 0. The van der Waals surface area contributed by atoms with Crippen molar-refractivity contribution in [3.8, 4) is 5.92 Å². The molecule has 8 heavy (non-hydrogen) atoms. The Hall–Kier alpha value is 0.730. The Labute approximate surface area is 69.7 Å². The van der Waals surface area contributed by atoms with Gasteiger partial charge in [0, 0.05) is 0 Å². The summed E-state index contributed by atoms with van der Waals surface area (Å²) in [6, 6.07) is 0. The molecule has 2 heteroatoms. The molecule has 0 N–H and O–H groups in total. The summed E-state index contributed by atoms with van der Waals surface area (Å²) in [4.78, 5) is 0. The van der Waals surface area contributed by atoms with Crippen molar-refractivity contribution in [1.82, 2.24) is 0 Å². The molecule has 0 aliphatic carbocycles. The van der Waals surface area contributed by atoms with E-state index < -0.39 is 0 Å². The van der Waals surface area contributed by atoms with Crippen LogP contribution in [0.2, 0.25) is 0 Å². The Balaban J connectivity index is -0.0000000575. The summed E-state index contributed by atoms with van der Waals surface area (Å²) >= 11 is 0. The summed E-state index contributed by atoms with van der Waals surface area (Å²) in [6.45, 7) is 8.24. The van der Waals surface area contributed by atoms with Gasteiger partial charge in [0.05, 0.1) is 0 Å². The molecule has 0 saturated heterocycles. The van der Waals surface area contributed by atoms with Crippen LogP contribution in [0.5, 0.6) is 0 Å². The van der Waals surface area contributed by atoms with Gasteiger partial charge in [0.25, 0.3) is 0 Å². The van der Waals surface area contributed by atoms with Gasteiger partial charge in [-0.1, -0.05) is 0 Å². The van der Waals surface area contributed by atoms with E-state index in [1.54, 1.807) is 6.92 Å². The van der Waals surface area contributed by atoms with Crippen molar-refractivity contribution < 1.29 is 22.4 Å². The molecule has 0 unspecified atom stereocenters. The Morgan fingerprint density at radius 2 is 1.25 bits per heavy atom. The molecule has 0 nitrogen and oxygen atoms in total. The van der Waals surface area contributed by atoms with E-state index in [0.717, 1.165) is 0 Å². The van der Waals surface area contributed by atoms with Crippen LogP contribution in [-0.2, 0) is 22.4 Å².